The SMILES string of the molecule is Nc1nc(CCNS(=O)(=O)c2ccc(Cl)s2)cs1. The molecule has 0 unspecified atom stereocenters. The first kappa shape index (κ1) is 13.8. The molecule has 0 atom stereocenters. The lowest BCUT2D eigenvalue weighted by Gasteiger charge is -2.02. The van der Waals surface area contributed by atoms with Crippen molar-refractivity contribution in [2.45, 2.75) is 10.6 Å². The number of halogens is 1. The van der Waals surface area contributed by atoms with Crippen molar-refractivity contribution in [3.05, 3.63) is 27.5 Å². The minimum Gasteiger partial charge on any atom is -0.375 e. The number of rotatable bonds is 5. The molecule has 2 heterocycles. The fraction of sp³-hybridized carbons (Fsp3) is 0.222. The van der Waals surface area contributed by atoms with E-state index >= 15 is 0 Å². The van der Waals surface area contributed by atoms with Crippen molar-refractivity contribution >= 4 is 49.4 Å². The number of nitrogens with two attached hydrogens (primary N) is 1. The standard InChI is InChI=1S/C9H10ClN3O2S3/c10-7-1-2-8(17-7)18(14,15)12-4-3-6-5-16-9(11)13-6/h1-2,5,12H,3-4H2,(H2,11,13). The topological polar surface area (TPSA) is 85.1 Å². The Hall–Kier alpha value is -0.670. The Morgan fingerprint density at radius 2 is 2.22 bits per heavy atom. The van der Waals surface area contributed by atoms with Gasteiger partial charge in [-0.3, -0.25) is 0 Å². The quantitative estimate of drug-likeness (QED) is 0.880. The first-order valence-corrected chi connectivity index (χ1v) is 8.48. The zero-order valence-electron chi connectivity index (χ0n) is 9.09. The minimum atomic E-state index is -3.47. The number of nitrogens with zero attached hydrogens (tertiary/aromatic N) is 1. The van der Waals surface area contributed by atoms with Gasteiger partial charge in [0.05, 0.1) is 10.0 Å². The number of aromatic nitrogens is 1. The predicted molar refractivity (Wildman–Crippen MR) is 74.7 cm³/mol. The number of nitrogen functional groups attached to an aromatic ring is 1. The molecule has 5 nitrogen and oxygen atoms in total. The molecule has 0 amide bonds. The smallest absolute Gasteiger partial charge is 0.250 e. The fourth-order valence-corrected chi connectivity index (χ4v) is 4.42. The summed E-state index contributed by atoms with van der Waals surface area (Å²) in [6.45, 7) is 0.279. The third-order valence-electron chi connectivity index (χ3n) is 2.06. The molecule has 2 rings (SSSR count). The number of anilines is 1. The number of sulfonamides is 1. The molecule has 0 aliphatic carbocycles. The molecule has 98 valence electrons. The Morgan fingerprint density at radius 1 is 1.44 bits per heavy atom. The van der Waals surface area contributed by atoms with Crippen molar-refractivity contribution < 1.29 is 8.42 Å². The largest absolute Gasteiger partial charge is 0.375 e. The van der Waals surface area contributed by atoms with Crippen LogP contribution in [0.2, 0.25) is 4.34 Å². The van der Waals surface area contributed by atoms with Crippen LogP contribution >= 0.6 is 34.3 Å². The second-order valence-corrected chi connectivity index (χ2v) is 7.98. The van der Waals surface area contributed by atoms with Crippen LogP contribution in [-0.2, 0) is 16.4 Å². The third kappa shape index (κ3) is 3.42. The molecule has 0 radical (unpaired) electrons. The summed E-state index contributed by atoms with van der Waals surface area (Å²) in [5.74, 6) is 0. The summed E-state index contributed by atoms with van der Waals surface area (Å²) in [7, 11) is -3.47. The highest BCUT2D eigenvalue weighted by Crippen LogP contribution is 2.25. The summed E-state index contributed by atoms with van der Waals surface area (Å²) in [6.07, 6.45) is 0.506. The van der Waals surface area contributed by atoms with Crippen LogP contribution in [0.25, 0.3) is 0 Å². The lowest BCUT2D eigenvalue weighted by atomic mass is 10.3. The average Bonchev–Trinajstić information content (AvgIpc) is 2.88. The van der Waals surface area contributed by atoms with E-state index in [2.05, 4.69) is 9.71 Å². The van der Waals surface area contributed by atoms with Crippen molar-refractivity contribution in [3.63, 3.8) is 0 Å². The van der Waals surface area contributed by atoms with Gasteiger partial charge in [0.2, 0.25) is 10.0 Å². The first-order chi connectivity index (χ1) is 8.47. The fourth-order valence-electron chi connectivity index (χ4n) is 1.26. The Balaban J connectivity index is 1.93. The van der Waals surface area contributed by atoms with Gasteiger partial charge in [-0.05, 0) is 12.1 Å². The summed E-state index contributed by atoms with van der Waals surface area (Å²) >= 11 is 8.07. The Kier molecular flexibility index (Phi) is 4.23. The molecule has 2 aromatic rings. The average molecular weight is 324 g/mol. The maximum atomic E-state index is 11.8. The van der Waals surface area contributed by atoms with E-state index in [4.69, 9.17) is 17.3 Å². The molecular formula is C9H10ClN3O2S3. The Morgan fingerprint density at radius 3 is 2.78 bits per heavy atom. The molecule has 0 fully saturated rings. The van der Waals surface area contributed by atoms with Crippen LogP contribution in [0.5, 0.6) is 0 Å². The van der Waals surface area contributed by atoms with Crippen LogP contribution in [0.1, 0.15) is 5.69 Å². The van der Waals surface area contributed by atoms with Gasteiger partial charge in [-0.2, -0.15) is 0 Å². The van der Waals surface area contributed by atoms with E-state index in [-0.39, 0.29) is 10.8 Å². The lowest BCUT2D eigenvalue weighted by Crippen LogP contribution is -2.25. The summed E-state index contributed by atoms with van der Waals surface area (Å²) in [6, 6.07) is 3.04. The van der Waals surface area contributed by atoms with E-state index in [0.717, 1.165) is 17.0 Å². The number of nitrogens with one attached hydrogen (secondary N) is 1. The van der Waals surface area contributed by atoms with Crippen LogP contribution in [0.3, 0.4) is 0 Å². The normalized spacial score (nSPS) is 11.8. The molecule has 0 spiro atoms. The molecular weight excluding hydrogens is 314 g/mol. The highest BCUT2D eigenvalue weighted by molar-refractivity contribution is 7.91. The highest BCUT2D eigenvalue weighted by atomic mass is 35.5. The molecule has 2 aromatic heterocycles. The van der Waals surface area contributed by atoms with Crippen molar-refractivity contribution in [1.29, 1.82) is 0 Å². The van der Waals surface area contributed by atoms with Gasteiger partial charge < -0.3 is 5.73 Å². The lowest BCUT2D eigenvalue weighted by molar-refractivity contribution is 0.583. The second-order valence-electron chi connectivity index (χ2n) is 3.38. The molecule has 0 aromatic carbocycles. The summed E-state index contributed by atoms with van der Waals surface area (Å²) in [5, 5.41) is 2.30. The first-order valence-electron chi connectivity index (χ1n) is 4.92. The number of hydrogen-bond donors (Lipinski definition) is 2. The zero-order valence-corrected chi connectivity index (χ0v) is 12.3. The number of hydrogen-bond acceptors (Lipinski definition) is 6. The van der Waals surface area contributed by atoms with E-state index in [9.17, 15) is 8.42 Å². The van der Waals surface area contributed by atoms with E-state index in [1.54, 1.807) is 6.07 Å². The van der Waals surface area contributed by atoms with Crippen LogP contribution in [0.4, 0.5) is 5.13 Å². The van der Waals surface area contributed by atoms with Gasteiger partial charge in [0.15, 0.2) is 5.13 Å². The molecule has 18 heavy (non-hydrogen) atoms. The second kappa shape index (κ2) is 5.54. The maximum Gasteiger partial charge on any atom is 0.250 e. The molecule has 0 saturated heterocycles. The summed E-state index contributed by atoms with van der Waals surface area (Å²) in [4.78, 5) is 4.05. The van der Waals surface area contributed by atoms with Gasteiger partial charge >= 0.3 is 0 Å². The van der Waals surface area contributed by atoms with Gasteiger partial charge in [-0.1, -0.05) is 11.6 Å². The van der Waals surface area contributed by atoms with Crippen LogP contribution in [0.15, 0.2) is 21.7 Å². The van der Waals surface area contributed by atoms with E-state index in [0.29, 0.717) is 15.9 Å². The third-order valence-corrected chi connectivity index (χ3v) is 5.96. The van der Waals surface area contributed by atoms with E-state index < -0.39 is 10.0 Å². The zero-order chi connectivity index (χ0) is 13.2. The van der Waals surface area contributed by atoms with Crippen molar-refractivity contribution in [2.75, 3.05) is 12.3 Å². The molecule has 0 aliphatic rings. The molecule has 0 aliphatic heterocycles. The summed E-state index contributed by atoms with van der Waals surface area (Å²) in [5.41, 5.74) is 6.27. The van der Waals surface area contributed by atoms with Crippen LogP contribution < -0.4 is 10.5 Å². The molecule has 3 N–H and O–H groups in total. The van der Waals surface area contributed by atoms with Gasteiger partial charge in [0.1, 0.15) is 4.21 Å². The molecule has 0 bridgehead atoms. The highest BCUT2D eigenvalue weighted by Gasteiger charge is 2.15. The van der Waals surface area contributed by atoms with Crippen molar-refractivity contribution in [2.24, 2.45) is 0 Å². The molecule has 9 heteroatoms. The van der Waals surface area contributed by atoms with Crippen LogP contribution in [-0.4, -0.2) is 19.9 Å². The number of thiazole rings is 1. The van der Waals surface area contributed by atoms with Crippen LogP contribution in [0, 0.1) is 0 Å². The van der Waals surface area contributed by atoms with E-state index in [1.165, 1.54) is 17.4 Å². The van der Waals surface area contributed by atoms with Gasteiger partial charge in [-0.25, -0.2) is 18.1 Å². The Labute approximate surface area is 118 Å². The van der Waals surface area contributed by atoms with Crippen molar-refractivity contribution in [1.82, 2.24) is 9.71 Å². The van der Waals surface area contributed by atoms with Gasteiger partial charge in [0.25, 0.3) is 0 Å². The molecule has 0 saturated carbocycles. The monoisotopic (exact) mass is 323 g/mol. The number of thiophene rings is 1. The predicted octanol–water partition coefficient (Wildman–Crippen LogP) is 1.96. The maximum absolute atomic E-state index is 11.8. The van der Waals surface area contributed by atoms with Gasteiger partial charge in [0, 0.05) is 18.3 Å². The van der Waals surface area contributed by atoms with E-state index in [1.807, 2.05) is 5.38 Å². The van der Waals surface area contributed by atoms with Gasteiger partial charge in [-0.15, -0.1) is 22.7 Å². The summed E-state index contributed by atoms with van der Waals surface area (Å²) < 4.78 is 26.8. The van der Waals surface area contributed by atoms with Crippen molar-refractivity contribution in [3.8, 4) is 0 Å². The minimum absolute atomic E-state index is 0.213. The Bertz CT molecular complexity index is 635.